The van der Waals surface area contributed by atoms with Crippen LogP contribution in [-0.2, 0) is 6.54 Å². The summed E-state index contributed by atoms with van der Waals surface area (Å²) in [6.45, 7) is 7.57. The van der Waals surface area contributed by atoms with Crippen LogP contribution in [0.4, 0.5) is 4.79 Å². The van der Waals surface area contributed by atoms with E-state index < -0.39 is 0 Å². The highest BCUT2D eigenvalue weighted by Gasteiger charge is 2.28. The van der Waals surface area contributed by atoms with Gasteiger partial charge in [-0.05, 0) is 37.5 Å². The molecule has 2 aromatic rings. The molecule has 0 bridgehead atoms. The quantitative estimate of drug-likeness (QED) is 0.842. The molecule has 0 unspecified atom stereocenters. The summed E-state index contributed by atoms with van der Waals surface area (Å²) in [7, 11) is 0. The Kier molecular flexibility index (Phi) is 6.38. The molecule has 2 aliphatic rings. The third-order valence-electron chi connectivity index (χ3n) is 5.99. The van der Waals surface area contributed by atoms with Crippen LogP contribution >= 0.6 is 0 Å². The molecule has 0 spiro atoms. The number of furan rings is 1. The fraction of sp³-hybridized carbons (Fsp3) is 0.478. The zero-order valence-corrected chi connectivity index (χ0v) is 17.5. The smallest absolute Gasteiger partial charge is 0.317 e. The van der Waals surface area contributed by atoms with Crippen molar-refractivity contribution in [3.63, 3.8) is 0 Å². The number of likely N-dealkylation sites (tertiary alicyclic amines) is 1. The van der Waals surface area contributed by atoms with Gasteiger partial charge in [0.1, 0.15) is 0 Å². The summed E-state index contributed by atoms with van der Waals surface area (Å²) in [6.07, 6.45) is 3.05. The Morgan fingerprint density at radius 1 is 1.00 bits per heavy atom. The van der Waals surface area contributed by atoms with E-state index >= 15 is 0 Å². The summed E-state index contributed by atoms with van der Waals surface area (Å²) in [6, 6.07) is 12.1. The number of benzene rings is 1. The lowest BCUT2D eigenvalue weighted by Gasteiger charge is -2.37. The van der Waals surface area contributed by atoms with Crippen molar-refractivity contribution >= 4 is 11.9 Å². The van der Waals surface area contributed by atoms with Crippen LogP contribution in [0.15, 0.2) is 47.1 Å². The Hall–Kier alpha value is -2.80. The highest BCUT2D eigenvalue weighted by molar-refractivity contribution is 5.91. The molecule has 1 aromatic heterocycles. The highest BCUT2D eigenvalue weighted by atomic mass is 16.3. The lowest BCUT2D eigenvalue weighted by Crippen LogP contribution is -2.54. The van der Waals surface area contributed by atoms with Crippen LogP contribution in [0.3, 0.4) is 0 Å². The van der Waals surface area contributed by atoms with Gasteiger partial charge in [0, 0.05) is 51.9 Å². The van der Waals surface area contributed by atoms with Crippen LogP contribution in [0.25, 0.3) is 0 Å². The number of rotatable bonds is 4. The highest BCUT2D eigenvalue weighted by Crippen LogP contribution is 2.15. The summed E-state index contributed by atoms with van der Waals surface area (Å²) >= 11 is 0. The van der Waals surface area contributed by atoms with E-state index in [0.717, 1.165) is 45.6 Å². The van der Waals surface area contributed by atoms with E-state index in [9.17, 15) is 9.59 Å². The van der Waals surface area contributed by atoms with E-state index in [2.05, 4.69) is 41.4 Å². The van der Waals surface area contributed by atoms with Crippen molar-refractivity contribution < 1.29 is 14.0 Å². The van der Waals surface area contributed by atoms with E-state index in [1.54, 1.807) is 17.0 Å². The topological polar surface area (TPSA) is 69.0 Å². The van der Waals surface area contributed by atoms with Crippen molar-refractivity contribution in [3.8, 4) is 0 Å². The largest absolute Gasteiger partial charge is 0.459 e. The van der Waals surface area contributed by atoms with Crippen molar-refractivity contribution in [1.82, 2.24) is 20.0 Å². The van der Waals surface area contributed by atoms with E-state index in [1.807, 2.05) is 4.90 Å². The summed E-state index contributed by atoms with van der Waals surface area (Å²) < 4.78 is 5.20. The van der Waals surface area contributed by atoms with Gasteiger partial charge in [0.2, 0.25) is 0 Å². The molecule has 3 amide bonds. The average Bonchev–Trinajstić information content (AvgIpc) is 3.29. The van der Waals surface area contributed by atoms with Crippen molar-refractivity contribution in [2.75, 3.05) is 39.3 Å². The Bertz CT molecular complexity index is 851. The van der Waals surface area contributed by atoms with E-state index in [4.69, 9.17) is 4.42 Å². The van der Waals surface area contributed by atoms with Gasteiger partial charge in [-0.25, -0.2) is 4.79 Å². The van der Waals surface area contributed by atoms with E-state index in [1.165, 1.54) is 17.4 Å². The van der Waals surface area contributed by atoms with Gasteiger partial charge >= 0.3 is 6.03 Å². The fourth-order valence-electron chi connectivity index (χ4n) is 4.23. The number of carbonyl (C=O) groups is 2. The van der Waals surface area contributed by atoms with Gasteiger partial charge in [-0.15, -0.1) is 0 Å². The number of amides is 3. The van der Waals surface area contributed by atoms with Crippen LogP contribution < -0.4 is 5.32 Å². The molecule has 2 fully saturated rings. The number of aryl methyl sites for hydroxylation is 1. The normalized spacial score (nSPS) is 18.4. The number of hydrogen-bond donors (Lipinski definition) is 1. The van der Waals surface area contributed by atoms with Gasteiger partial charge in [0.05, 0.1) is 6.26 Å². The van der Waals surface area contributed by atoms with E-state index in [0.29, 0.717) is 18.8 Å². The molecule has 2 aliphatic heterocycles. The van der Waals surface area contributed by atoms with Gasteiger partial charge in [0.15, 0.2) is 5.76 Å². The Balaban J connectivity index is 1.19. The van der Waals surface area contributed by atoms with Crippen LogP contribution in [0.1, 0.15) is 34.5 Å². The number of carbonyl (C=O) groups excluding carboxylic acids is 2. The summed E-state index contributed by atoms with van der Waals surface area (Å²) in [5, 5.41) is 3.16. The lowest BCUT2D eigenvalue weighted by atomic mass is 10.0. The molecule has 7 heteroatoms. The maximum Gasteiger partial charge on any atom is 0.317 e. The molecule has 0 aliphatic carbocycles. The molecule has 1 N–H and O–H groups in total. The first-order valence-electron chi connectivity index (χ1n) is 10.7. The monoisotopic (exact) mass is 410 g/mol. The number of nitrogens with zero attached hydrogens (tertiary/aromatic N) is 3. The molecule has 0 radical (unpaired) electrons. The van der Waals surface area contributed by atoms with Crippen LogP contribution in [0, 0.1) is 6.92 Å². The summed E-state index contributed by atoms with van der Waals surface area (Å²) in [5.74, 6) is 0.301. The van der Waals surface area contributed by atoms with Gasteiger partial charge < -0.3 is 19.5 Å². The standard InChI is InChI=1S/C23H30N4O3/c1-18-4-2-5-19(16-18)17-25-11-13-27(14-12-25)23(29)24-20-7-9-26(10-8-20)22(28)21-6-3-15-30-21/h2-6,15-16,20H,7-14,17H2,1H3,(H,24,29). The van der Waals surface area contributed by atoms with Gasteiger partial charge in [-0.1, -0.05) is 29.8 Å². The van der Waals surface area contributed by atoms with Gasteiger partial charge in [-0.2, -0.15) is 0 Å². The van der Waals surface area contributed by atoms with Crippen molar-refractivity contribution in [2.45, 2.75) is 32.4 Å². The first kappa shape index (κ1) is 20.5. The molecular formula is C23H30N4O3. The third-order valence-corrected chi connectivity index (χ3v) is 5.99. The predicted molar refractivity (Wildman–Crippen MR) is 114 cm³/mol. The third kappa shape index (κ3) is 5.02. The first-order chi connectivity index (χ1) is 14.6. The zero-order chi connectivity index (χ0) is 20.9. The molecule has 0 atom stereocenters. The number of nitrogens with one attached hydrogen (secondary N) is 1. The Labute approximate surface area is 177 Å². The van der Waals surface area contributed by atoms with Gasteiger partial charge in [0.25, 0.3) is 5.91 Å². The van der Waals surface area contributed by atoms with Crippen LogP contribution in [-0.4, -0.2) is 71.9 Å². The molecule has 3 heterocycles. The number of piperazine rings is 1. The predicted octanol–water partition coefficient (Wildman–Crippen LogP) is 2.72. The number of piperidine rings is 1. The maximum absolute atomic E-state index is 12.7. The summed E-state index contributed by atoms with van der Waals surface area (Å²) in [5.41, 5.74) is 2.60. The minimum Gasteiger partial charge on any atom is -0.459 e. The molecule has 30 heavy (non-hydrogen) atoms. The first-order valence-corrected chi connectivity index (χ1v) is 10.7. The number of hydrogen-bond acceptors (Lipinski definition) is 4. The zero-order valence-electron chi connectivity index (χ0n) is 17.5. The fourth-order valence-corrected chi connectivity index (χ4v) is 4.23. The van der Waals surface area contributed by atoms with Crippen molar-refractivity contribution in [3.05, 3.63) is 59.5 Å². The molecule has 2 saturated heterocycles. The lowest BCUT2D eigenvalue weighted by molar-refractivity contribution is 0.0672. The van der Waals surface area contributed by atoms with Crippen LogP contribution in [0.2, 0.25) is 0 Å². The minimum absolute atomic E-state index is 0.0148. The Morgan fingerprint density at radius 2 is 1.77 bits per heavy atom. The second-order valence-electron chi connectivity index (χ2n) is 8.25. The Morgan fingerprint density at radius 3 is 2.43 bits per heavy atom. The summed E-state index contributed by atoms with van der Waals surface area (Å²) in [4.78, 5) is 31.1. The second-order valence-corrected chi connectivity index (χ2v) is 8.25. The number of urea groups is 1. The van der Waals surface area contributed by atoms with Crippen LogP contribution in [0.5, 0.6) is 0 Å². The molecule has 0 saturated carbocycles. The van der Waals surface area contributed by atoms with Gasteiger partial charge in [-0.3, -0.25) is 9.69 Å². The van der Waals surface area contributed by atoms with Crippen molar-refractivity contribution in [2.24, 2.45) is 0 Å². The minimum atomic E-state index is -0.0745. The second kappa shape index (κ2) is 9.34. The molecular weight excluding hydrogens is 380 g/mol. The van der Waals surface area contributed by atoms with Crippen molar-refractivity contribution in [1.29, 1.82) is 0 Å². The molecule has 7 nitrogen and oxygen atoms in total. The average molecular weight is 411 g/mol. The molecule has 160 valence electrons. The molecule has 4 rings (SSSR count). The molecule has 1 aromatic carbocycles. The maximum atomic E-state index is 12.7. The SMILES string of the molecule is Cc1cccc(CN2CCN(C(=O)NC3CCN(C(=O)c4ccco4)CC3)CC2)c1. The van der Waals surface area contributed by atoms with E-state index in [-0.39, 0.29) is 18.0 Å².